The highest BCUT2D eigenvalue weighted by atomic mass is 79.9. The molecule has 0 aliphatic carbocycles. The van der Waals surface area contributed by atoms with Gasteiger partial charge in [0.1, 0.15) is 5.75 Å². The highest BCUT2D eigenvalue weighted by Gasteiger charge is 2.19. The van der Waals surface area contributed by atoms with Crippen LogP contribution < -0.4 is 4.74 Å². The number of nitro groups is 2. The summed E-state index contributed by atoms with van der Waals surface area (Å²) in [6.07, 6.45) is 1.33. The van der Waals surface area contributed by atoms with Gasteiger partial charge in [0.15, 0.2) is 0 Å². The number of hydrogen-bond donors (Lipinski definition) is 0. The Kier molecular flexibility index (Phi) is 4.48. The van der Waals surface area contributed by atoms with Gasteiger partial charge >= 0.3 is 5.69 Å². The SMILES string of the molecule is O=[N+]([O-])c1cc(Br)cc(Oc2ncc(Br)cc2[N+](=O)[O-])c1. The van der Waals surface area contributed by atoms with Gasteiger partial charge in [0.2, 0.25) is 0 Å². The van der Waals surface area contributed by atoms with Gasteiger partial charge < -0.3 is 4.74 Å². The first-order valence-corrected chi connectivity index (χ1v) is 6.88. The molecule has 0 spiro atoms. The topological polar surface area (TPSA) is 108 Å². The predicted molar refractivity (Wildman–Crippen MR) is 79.5 cm³/mol. The van der Waals surface area contributed by atoms with Gasteiger partial charge in [0.05, 0.1) is 15.9 Å². The maximum Gasteiger partial charge on any atom is 0.332 e. The molecule has 2 rings (SSSR count). The molecule has 2 aromatic rings. The average molecular weight is 419 g/mol. The van der Waals surface area contributed by atoms with E-state index in [9.17, 15) is 20.2 Å². The van der Waals surface area contributed by atoms with Crippen LogP contribution in [-0.4, -0.2) is 14.8 Å². The van der Waals surface area contributed by atoms with Gasteiger partial charge in [-0.2, -0.15) is 0 Å². The number of rotatable bonds is 4. The van der Waals surface area contributed by atoms with Crippen molar-refractivity contribution >= 4 is 43.2 Å². The molecule has 0 saturated heterocycles. The van der Waals surface area contributed by atoms with Crippen molar-refractivity contribution < 1.29 is 14.6 Å². The number of pyridine rings is 1. The van der Waals surface area contributed by atoms with Gasteiger partial charge in [-0.15, -0.1) is 0 Å². The van der Waals surface area contributed by atoms with Crippen molar-refractivity contribution in [3.63, 3.8) is 0 Å². The minimum Gasteiger partial charge on any atom is -0.433 e. The Morgan fingerprint density at radius 2 is 1.71 bits per heavy atom. The third kappa shape index (κ3) is 3.73. The van der Waals surface area contributed by atoms with Gasteiger partial charge in [-0.25, -0.2) is 4.98 Å². The van der Waals surface area contributed by atoms with E-state index >= 15 is 0 Å². The van der Waals surface area contributed by atoms with E-state index in [0.29, 0.717) is 8.95 Å². The summed E-state index contributed by atoms with van der Waals surface area (Å²) < 4.78 is 6.12. The summed E-state index contributed by atoms with van der Waals surface area (Å²) in [5.41, 5.74) is -0.564. The first kappa shape index (κ1) is 15.3. The van der Waals surface area contributed by atoms with Crippen LogP contribution in [0.4, 0.5) is 11.4 Å². The monoisotopic (exact) mass is 417 g/mol. The highest BCUT2D eigenvalue weighted by molar-refractivity contribution is 9.10. The molecule has 0 aliphatic heterocycles. The normalized spacial score (nSPS) is 10.2. The van der Waals surface area contributed by atoms with Gasteiger partial charge in [-0.3, -0.25) is 20.2 Å². The Morgan fingerprint density at radius 1 is 1.00 bits per heavy atom. The molecule has 10 heteroatoms. The number of ether oxygens (including phenoxy) is 1. The smallest absolute Gasteiger partial charge is 0.332 e. The Labute approximate surface area is 134 Å². The first-order chi connectivity index (χ1) is 9.86. The Hall–Kier alpha value is -2.07. The van der Waals surface area contributed by atoms with Gasteiger partial charge in [0.25, 0.3) is 11.6 Å². The van der Waals surface area contributed by atoms with Crippen LogP contribution >= 0.6 is 31.9 Å². The standard InChI is InChI=1S/C11H5Br2N3O5/c12-6-1-8(15(17)18)4-9(2-6)21-11-10(16(19)20)3-7(13)5-14-11/h1-5H. The minimum absolute atomic E-state index is 0.0639. The minimum atomic E-state index is -0.653. The second kappa shape index (κ2) is 6.14. The number of aromatic nitrogens is 1. The fourth-order valence-corrected chi connectivity index (χ4v) is 2.23. The fraction of sp³-hybridized carbons (Fsp3) is 0. The van der Waals surface area contributed by atoms with E-state index < -0.39 is 9.85 Å². The highest BCUT2D eigenvalue weighted by Crippen LogP contribution is 2.34. The summed E-state index contributed by atoms with van der Waals surface area (Å²) in [5, 5.41) is 21.7. The van der Waals surface area contributed by atoms with Crippen LogP contribution in [0, 0.1) is 20.2 Å². The lowest BCUT2D eigenvalue weighted by Gasteiger charge is -2.06. The van der Waals surface area contributed by atoms with Crippen molar-refractivity contribution in [2.75, 3.05) is 0 Å². The molecule has 0 fully saturated rings. The molecule has 108 valence electrons. The van der Waals surface area contributed by atoms with Crippen molar-refractivity contribution in [1.29, 1.82) is 0 Å². The van der Waals surface area contributed by atoms with E-state index in [1.54, 1.807) is 0 Å². The summed E-state index contributed by atoms with van der Waals surface area (Å²) in [4.78, 5) is 24.3. The van der Waals surface area contributed by atoms with Crippen LogP contribution in [0.2, 0.25) is 0 Å². The van der Waals surface area contributed by atoms with Crippen LogP contribution in [0.5, 0.6) is 11.6 Å². The largest absolute Gasteiger partial charge is 0.433 e. The molecule has 21 heavy (non-hydrogen) atoms. The summed E-state index contributed by atoms with van der Waals surface area (Å²) in [7, 11) is 0. The van der Waals surface area contributed by atoms with E-state index in [-0.39, 0.29) is 23.0 Å². The predicted octanol–water partition coefficient (Wildman–Crippen LogP) is 4.22. The van der Waals surface area contributed by atoms with Crippen LogP contribution in [-0.2, 0) is 0 Å². The molecule has 0 saturated carbocycles. The summed E-state index contributed by atoms with van der Waals surface area (Å²) >= 11 is 6.18. The summed E-state index contributed by atoms with van der Waals surface area (Å²) in [6, 6.07) is 5.11. The lowest BCUT2D eigenvalue weighted by molar-refractivity contribution is -0.386. The first-order valence-electron chi connectivity index (χ1n) is 5.29. The van der Waals surface area contributed by atoms with Crippen LogP contribution in [0.15, 0.2) is 39.4 Å². The third-order valence-corrected chi connectivity index (χ3v) is 3.17. The molecule has 1 aromatic carbocycles. The zero-order valence-corrected chi connectivity index (χ0v) is 13.2. The number of nitro benzene ring substituents is 1. The summed E-state index contributed by atoms with van der Waals surface area (Å²) in [6.45, 7) is 0. The van der Waals surface area contributed by atoms with Crippen LogP contribution in [0.1, 0.15) is 0 Å². The fourth-order valence-electron chi connectivity index (χ4n) is 1.45. The zero-order valence-electron chi connectivity index (χ0n) is 10.0. The molecular formula is C11H5Br2N3O5. The second-order valence-electron chi connectivity index (χ2n) is 3.74. The maximum absolute atomic E-state index is 11.0. The Balaban J connectivity index is 2.43. The van der Waals surface area contributed by atoms with Gasteiger partial charge in [-0.05, 0) is 22.0 Å². The van der Waals surface area contributed by atoms with E-state index in [0.717, 1.165) is 6.07 Å². The molecule has 1 heterocycles. The quantitative estimate of drug-likeness (QED) is 0.543. The summed E-state index contributed by atoms with van der Waals surface area (Å²) in [5.74, 6) is -0.190. The van der Waals surface area contributed by atoms with Gasteiger partial charge in [0, 0.05) is 27.3 Å². The van der Waals surface area contributed by atoms with E-state index in [1.807, 2.05) is 0 Å². The zero-order chi connectivity index (χ0) is 15.6. The number of benzene rings is 1. The number of halogens is 2. The molecule has 0 atom stereocenters. The van der Waals surface area contributed by atoms with E-state index in [2.05, 4.69) is 36.8 Å². The van der Waals surface area contributed by atoms with Gasteiger partial charge in [-0.1, -0.05) is 15.9 Å². The number of hydrogen-bond acceptors (Lipinski definition) is 6. The average Bonchev–Trinajstić information content (AvgIpc) is 2.40. The van der Waals surface area contributed by atoms with Crippen molar-refractivity contribution in [3.05, 3.63) is 59.6 Å². The van der Waals surface area contributed by atoms with Crippen molar-refractivity contribution in [3.8, 4) is 11.6 Å². The maximum atomic E-state index is 11.0. The van der Waals surface area contributed by atoms with Crippen LogP contribution in [0.3, 0.4) is 0 Å². The molecule has 8 nitrogen and oxygen atoms in total. The molecular weight excluding hydrogens is 414 g/mol. The van der Waals surface area contributed by atoms with E-state index in [4.69, 9.17) is 4.74 Å². The van der Waals surface area contributed by atoms with Crippen molar-refractivity contribution in [2.24, 2.45) is 0 Å². The molecule has 0 radical (unpaired) electrons. The Morgan fingerprint density at radius 3 is 2.33 bits per heavy atom. The molecule has 0 amide bonds. The molecule has 0 aliphatic rings. The lowest BCUT2D eigenvalue weighted by atomic mass is 10.3. The Bertz CT molecular complexity index is 738. The molecule has 0 unspecified atom stereocenters. The molecule has 0 bridgehead atoms. The van der Waals surface area contributed by atoms with Crippen molar-refractivity contribution in [2.45, 2.75) is 0 Å². The van der Waals surface area contributed by atoms with E-state index in [1.165, 1.54) is 24.4 Å². The molecule has 1 aromatic heterocycles. The second-order valence-corrected chi connectivity index (χ2v) is 5.57. The lowest BCUT2D eigenvalue weighted by Crippen LogP contribution is -1.97. The number of nitrogens with zero attached hydrogens (tertiary/aromatic N) is 3. The van der Waals surface area contributed by atoms with Crippen LogP contribution in [0.25, 0.3) is 0 Å². The number of non-ortho nitro benzene ring substituents is 1. The molecule has 0 N–H and O–H groups in total. The van der Waals surface area contributed by atoms with Crippen molar-refractivity contribution in [1.82, 2.24) is 4.98 Å². The third-order valence-electron chi connectivity index (χ3n) is 2.28.